The van der Waals surface area contributed by atoms with Gasteiger partial charge in [-0.2, -0.15) is 0 Å². The number of nitrogens with one attached hydrogen (secondary N) is 1. The molecule has 0 aliphatic heterocycles. The minimum absolute atomic E-state index is 0.533. The maximum Gasteiger partial charge on any atom is 0.00648 e. The molecule has 0 unspecified atom stereocenters. The third-order valence-corrected chi connectivity index (χ3v) is 4.53. The van der Waals surface area contributed by atoms with Crippen molar-refractivity contribution in [2.45, 2.75) is 33.6 Å². The monoisotopic (exact) mass is 301 g/mol. The molecule has 21 heavy (non-hydrogen) atoms. The van der Waals surface area contributed by atoms with Gasteiger partial charge >= 0.3 is 0 Å². The lowest BCUT2D eigenvalue weighted by atomic mass is 10.1. The smallest absolute Gasteiger partial charge is 0.00648 e. The Hall–Kier alpha value is -1.25. The van der Waals surface area contributed by atoms with Crippen LogP contribution in [0.5, 0.6) is 0 Å². The van der Waals surface area contributed by atoms with E-state index in [1.807, 2.05) is 12.2 Å². The first kappa shape index (κ1) is 17.8. The normalized spacial score (nSPS) is 12.8. The van der Waals surface area contributed by atoms with Crippen molar-refractivity contribution in [3.63, 3.8) is 0 Å². The summed E-state index contributed by atoms with van der Waals surface area (Å²) in [4.78, 5) is 1.40. The fraction of sp³-hybridized carbons (Fsp3) is 0.368. The highest BCUT2D eigenvalue weighted by molar-refractivity contribution is 8.01. The fourth-order valence-corrected chi connectivity index (χ4v) is 2.95. The van der Waals surface area contributed by atoms with Gasteiger partial charge in [-0.1, -0.05) is 69.0 Å². The summed E-state index contributed by atoms with van der Waals surface area (Å²) in [7, 11) is 0. The molecule has 1 N–H and O–H groups in total. The van der Waals surface area contributed by atoms with Crippen LogP contribution >= 0.6 is 11.9 Å². The molecular formula is C19H27NS. The van der Waals surface area contributed by atoms with Crippen molar-refractivity contribution in [2.24, 2.45) is 5.92 Å². The van der Waals surface area contributed by atoms with Gasteiger partial charge in [-0.25, -0.2) is 0 Å². The Morgan fingerprint density at radius 2 is 2.00 bits per heavy atom. The third kappa shape index (κ3) is 7.35. The van der Waals surface area contributed by atoms with Crippen molar-refractivity contribution in [3.05, 3.63) is 71.2 Å². The van der Waals surface area contributed by atoms with Crippen molar-refractivity contribution < 1.29 is 0 Å². The van der Waals surface area contributed by atoms with E-state index in [9.17, 15) is 0 Å². The standard InChI is InChI=1S/C19H27NS/c1-5-6-11-17(4)19(16(2)3)21-20-15-10-14-18-12-8-7-9-13-18/h5-9,11-13,16,20H,1,10,14-15H2,2-4H3/b11-6-,19-17+. The van der Waals surface area contributed by atoms with Crippen LogP contribution in [0.15, 0.2) is 65.6 Å². The largest absolute Gasteiger partial charge is 0.260 e. The van der Waals surface area contributed by atoms with Gasteiger partial charge in [0.15, 0.2) is 0 Å². The summed E-state index contributed by atoms with van der Waals surface area (Å²) in [6.07, 6.45) is 8.22. The van der Waals surface area contributed by atoms with Gasteiger partial charge in [0.05, 0.1) is 0 Å². The average molecular weight is 301 g/mol. The Morgan fingerprint density at radius 3 is 2.62 bits per heavy atom. The molecule has 1 rings (SSSR count). The van der Waals surface area contributed by atoms with Crippen LogP contribution in [0.3, 0.4) is 0 Å². The topological polar surface area (TPSA) is 12.0 Å². The number of allylic oxidation sites excluding steroid dienone is 5. The first-order valence-corrected chi connectivity index (χ1v) is 8.40. The highest BCUT2D eigenvalue weighted by atomic mass is 32.2. The summed E-state index contributed by atoms with van der Waals surface area (Å²) in [5.74, 6) is 0.533. The maximum atomic E-state index is 3.72. The minimum Gasteiger partial charge on any atom is -0.260 e. The van der Waals surface area contributed by atoms with Crippen LogP contribution in [0, 0.1) is 5.92 Å². The molecule has 0 heterocycles. The molecule has 114 valence electrons. The van der Waals surface area contributed by atoms with E-state index in [1.165, 1.54) is 16.0 Å². The Morgan fingerprint density at radius 1 is 1.29 bits per heavy atom. The first-order chi connectivity index (χ1) is 10.1. The lowest BCUT2D eigenvalue weighted by Crippen LogP contribution is -2.09. The molecule has 0 atom stereocenters. The van der Waals surface area contributed by atoms with Gasteiger partial charge in [-0.3, -0.25) is 4.72 Å². The predicted molar refractivity (Wildman–Crippen MR) is 97.2 cm³/mol. The molecule has 0 spiro atoms. The molecule has 0 aliphatic carbocycles. The van der Waals surface area contributed by atoms with Crippen LogP contribution in [-0.4, -0.2) is 6.54 Å². The lowest BCUT2D eigenvalue weighted by Gasteiger charge is -2.14. The van der Waals surface area contributed by atoms with Crippen molar-refractivity contribution in [1.29, 1.82) is 0 Å². The second-order valence-electron chi connectivity index (χ2n) is 5.38. The zero-order valence-electron chi connectivity index (χ0n) is 13.4. The number of aryl methyl sites for hydroxylation is 1. The summed E-state index contributed by atoms with van der Waals surface area (Å²) >= 11 is 1.77. The van der Waals surface area contributed by atoms with E-state index >= 15 is 0 Å². The third-order valence-electron chi connectivity index (χ3n) is 3.16. The van der Waals surface area contributed by atoms with Crippen molar-refractivity contribution >= 4 is 11.9 Å². The molecule has 0 saturated carbocycles. The molecule has 2 heteroatoms. The highest BCUT2D eigenvalue weighted by Gasteiger charge is 2.06. The summed E-state index contributed by atoms with van der Waals surface area (Å²) in [6.45, 7) is 11.4. The molecular weight excluding hydrogens is 274 g/mol. The zero-order valence-corrected chi connectivity index (χ0v) is 14.2. The number of hydrogen-bond acceptors (Lipinski definition) is 2. The Balaban J connectivity index is 2.37. The quantitative estimate of drug-likeness (QED) is 0.366. The second kappa shape index (κ2) is 10.5. The van der Waals surface area contributed by atoms with Crippen LogP contribution in [0.4, 0.5) is 0 Å². The van der Waals surface area contributed by atoms with E-state index in [4.69, 9.17) is 0 Å². The molecule has 0 radical (unpaired) electrons. The predicted octanol–water partition coefficient (Wildman–Crippen LogP) is 5.53. The van der Waals surface area contributed by atoms with Gasteiger partial charge in [0.2, 0.25) is 0 Å². The van der Waals surface area contributed by atoms with E-state index in [0.29, 0.717) is 5.92 Å². The number of benzene rings is 1. The van der Waals surface area contributed by atoms with Crippen LogP contribution in [0.2, 0.25) is 0 Å². The van der Waals surface area contributed by atoms with E-state index in [-0.39, 0.29) is 0 Å². The molecule has 1 aromatic carbocycles. The molecule has 1 nitrogen and oxygen atoms in total. The van der Waals surface area contributed by atoms with Gasteiger partial charge < -0.3 is 0 Å². The summed E-state index contributed by atoms with van der Waals surface area (Å²) in [5, 5.41) is 0. The van der Waals surface area contributed by atoms with Gasteiger partial charge in [0.1, 0.15) is 0 Å². The molecule has 0 fully saturated rings. The fourth-order valence-electron chi connectivity index (χ4n) is 2.09. The van der Waals surface area contributed by atoms with Crippen LogP contribution < -0.4 is 4.72 Å². The van der Waals surface area contributed by atoms with Gasteiger partial charge in [0.25, 0.3) is 0 Å². The zero-order chi connectivity index (χ0) is 15.5. The lowest BCUT2D eigenvalue weighted by molar-refractivity contribution is 0.785. The van der Waals surface area contributed by atoms with Crippen molar-refractivity contribution in [1.82, 2.24) is 4.72 Å². The molecule has 0 amide bonds. The number of rotatable bonds is 9. The summed E-state index contributed by atoms with van der Waals surface area (Å²) < 4.78 is 3.49. The minimum atomic E-state index is 0.533. The SMILES string of the molecule is C=C/C=C\C(C)=C(\SNCCCc1ccccc1)C(C)C. The Kier molecular flexibility index (Phi) is 8.88. The molecule has 1 aromatic rings. The highest BCUT2D eigenvalue weighted by Crippen LogP contribution is 2.26. The van der Waals surface area contributed by atoms with Crippen molar-refractivity contribution in [2.75, 3.05) is 6.54 Å². The average Bonchev–Trinajstić information content (AvgIpc) is 2.49. The Bertz CT molecular complexity index is 472. The molecule has 0 aliphatic rings. The van der Waals surface area contributed by atoms with E-state index < -0.39 is 0 Å². The Labute approximate surface area is 134 Å². The van der Waals surface area contributed by atoms with Crippen LogP contribution in [0.1, 0.15) is 32.8 Å². The van der Waals surface area contributed by atoms with E-state index in [0.717, 1.165) is 19.4 Å². The molecule has 0 bridgehead atoms. The molecule has 0 aromatic heterocycles. The van der Waals surface area contributed by atoms with Crippen LogP contribution in [0.25, 0.3) is 0 Å². The van der Waals surface area contributed by atoms with E-state index in [1.54, 1.807) is 11.9 Å². The maximum absolute atomic E-state index is 3.72. The van der Waals surface area contributed by atoms with Gasteiger partial charge in [0, 0.05) is 11.4 Å². The van der Waals surface area contributed by atoms with E-state index in [2.05, 4.69) is 68.5 Å². The number of hydrogen-bond donors (Lipinski definition) is 1. The second-order valence-corrected chi connectivity index (χ2v) is 6.31. The van der Waals surface area contributed by atoms with Gasteiger partial charge in [-0.15, -0.1) is 0 Å². The van der Waals surface area contributed by atoms with Crippen molar-refractivity contribution in [3.8, 4) is 0 Å². The first-order valence-electron chi connectivity index (χ1n) is 7.58. The molecule has 0 saturated heterocycles. The van der Waals surface area contributed by atoms with Crippen LogP contribution in [-0.2, 0) is 6.42 Å². The summed E-state index contributed by atoms with van der Waals surface area (Å²) in [6, 6.07) is 10.7. The van der Waals surface area contributed by atoms with Gasteiger partial charge in [-0.05, 0) is 48.8 Å². The summed E-state index contributed by atoms with van der Waals surface area (Å²) in [5.41, 5.74) is 2.72.